The van der Waals surface area contributed by atoms with Crippen molar-refractivity contribution in [1.82, 2.24) is 0 Å². The SMILES string of the molecule is CC(OC(=O)OC(C)c1ccc(-c2c(Cl)cccc2Cl)cc1)c1ccc(-c2c(Cl)cccc2Cl)cc1. The van der Waals surface area contributed by atoms with Gasteiger partial charge in [0.05, 0.1) is 0 Å². The third-order valence-corrected chi connectivity index (χ3v) is 7.07. The summed E-state index contributed by atoms with van der Waals surface area (Å²) in [6.07, 6.45) is -1.78. The van der Waals surface area contributed by atoms with Crippen molar-refractivity contribution in [2.75, 3.05) is 0 Å². The molecule has 4 rings (SSSR count). The molecule has 7 heteroatoms. The monoisotopic (exact) mass is 558 g/mol. The van der Waals surface area contributed by atoms with Crippen LogP contribution in [0.3, 0.4) is 0 Å². The minimum Gasteiger partial charge on any atom is -0.426 e. The Morgan fingerprint density at radius 3 is 1.17 bits per heavy atom. The first-order valence-electron chi connectivity index (χ1n) is 11.2. The molecular formula is C29H22Cl4O3. The first kappa shape index (κ1) is 26.4. The van der Waals surface area contributed by atoms with Gasteiger partial charge in [-0.25, -0.2) is 4.79 Å². The van der Waals surface area contributed by atoms with Gasteiger partial charge in [-0.05, 0) is 60.4 Å². The van der Waals surface area contributed by atoms with Crippen molar-refractivity contribution in [3.8, 4) is 22.3 Å². The Labute approximate surface area is 230 Å². The predicted molar refractivity (Wildman–Crippen MR) is 148 cm³/mol. The molecule has 0 heterocycles. The van der Waals surface area contributed by atoms with Crippen molar-refractivity contribution >= 4 is 52.6 Å². The Balaban J connectivity index is 1.38. The summed E-state index contributed by atoms with van der Waals surface area (Å²) in [5, 5.41) is 2.28. The van der Waals surface area contributed by atoms with Crippen LogP contribution in [0, 0.1) is 0 Å². The molecule has 36 heavy (non-hydrogen) atoms. The summed E-state index contributed by atoms with van der Waals surface area (Å²) in [5.41, 5.74) is 4.90. The van der Waals surface area contributed by atoms with Gasteiger partial charge in [0.2, 0.25) is 0 Å². The molecule has 0 saturated carbocycles. The average Bonchev–Trinajstić information content (AvgIpc) is 2.84. The fraction of sp³-hybridized carbons (Fsp3) is 0.138. The molecule has 0 aliphatic rings. The standard InChI is InChI=1S/C29H22Cl4O3/c1-17(19-9-13-21(14-10-19)27-23(30)5-3-6-24(27)31)35-29(34)36-18(2)20-11-15-22(16-12-20)28-25(32)7-4-8-26(28)33/h3-18H,1-2H3. The molecule has 2 unspecified atom stereocenters. The van der Waals surface area contributed by atoms with Crippen molar-refractivity contribution in [3.05, 3.63) is 116 Å². The van der Waals surface area contributed by atoms with E-state index in [1.807, 2.05) is 48.5 Å². The second kappa shape index (κ2) is 11.6. The molecular weight excluding hydrogens is 538 g/mol. The summed E-state index contributed by atoms with van der Waals surface area (Å²) in [6.45, 7) is 3.57. The molecule has 184 valence electrons. The summed E-state index contributed by atoms with van der Waals surface area (Å²) in [6, 6.07) is 25.8. The van der Waals surface area contributed by atoms with Gasteiger partial charge in [0.15, 0.2) is 0 Å². The van der Waals surface area contributed by atoms with Gasteiger partial charge in [-0.15, -0.1) is 0 Å². The molecule has 0 radical (unpaired) electrons. The highest BCUT2D eigenvalue weighted by atomic mass is 35.5. The molecule has 2 atom stereocenters. The van der Waals surface area contributed by atoms with Crippen LogP contribution in [0.4, 0.5) is 4.79 Å². The molecule has 0 N–H and O–H groups in total. The van der Waals surface area contributed by atoms with Crippen LogP contribution in [-0.2, 0) is 9.47 Å². The fourth-order valence-electron chi connectivity index (χ4n) is 3.84. The zero-order chi connectivity index (χ0) is 25.8. The zero-order valence-electron chi connectivity index (χ0n) is 19.5. The number of benzene rings is 4. The number of carbonyl (C=O) groups is 1. The Morgan fingerprint density at radius 2 is 0.861 bits per heavy atom. The average molecular weight is 560 g/mol. The molecule has 0 spiro atoms. The molecule has 0 aromatic heterocycles. The van der Waals surface area contributed by atoms with Gasteiger partial charge in [0, 0.05) is 31.2 Å². The third kappa shape index (κ3) is 5.99. The second-order valence-corrected chi connectivity index (χ2v) is 9.84. The lowest BCUT2D eigenvalue weighted by molar-refractivity contribution is 0.00627. The lowest BCUT2D eigenvalue weighted by Crippen LogP contribution is -2.13. The van der Waals surface area contributed by atoms with Crippen LogP contribution in [0.1, 0.15) is 37.2 Å². The molecule has 4 aromatic rings. The van der Waals surface area contributed by atoms with Crippen molar-refractivity contribution in [2.45, 2.75) is 26.1 Å². The summed E-state index contributed by atoms with van der Waals surface area (Å²) >= 11 is 25.2. The van der Waals surface area contributed by atoms with E-state index in [-0.39, 0.29) is 0 Å². The third-order valence-electron chi connectivity index (χ3n) is 5.81. The van der Waals surface area contributed by atoms with Crippen LogP contribution in [-0.4, -0.2) is 6.16 Å². The topological polar surface area (TPSA) is 35.5 Å². The maximum absolute atomic E-state index is 12.5. The number of rotatable bonds is 6. The Hall–Kier alpha value is -2.69. The summed E-state index contributed by atoms with van der Waals surface area (Å²) < 4.78 is 11.0. The fourth-order valence-corrected chi connectivity index (χ4v) is 5.07. The first-order valence-corrected chi connectivity index (χ1v) is 12.7. The zero-order valence-corrected chi connectivity index (χ0v) is 22.5. The van der Waals surface area contributed by atoms with Crippen LogP contribution >= 0.6 is 46.4 Å². The van der Waals surface area contributed by atoms with Gasteiger partial charge >= 0.3 is 6.16 Å². The Kier molecular flexibility index (Phi) is 8.48. The lowest BCUT2D eigenvalue weighted by atomic mass is 10.0. The van der Waals surface area contributed by atoms with Gasteiger partial charge in [0.25, 0.3) is 0 Å². The van der Waals surface area contributed by atoms with E-state index in [1.54, 1.807) is 50.2 Å². The molecule has 0 aliphatic carbocycles. The predicted octanol–water partition coefficient (Wildman–Crippen LogP) is 10.6. The van der Waals surface area contributed by atoms with Crippen LogP contribution in [0.15, 0.2) is 84.9 Å². The van der Waals surface area contributed by atoms with Gasteiger partial charge in [0.1, 0.15) is 12.2 Å². The number of hydrogen-bond acceptors (Lipinski definition) is 3. The molecule has 4 aromatic carbocycles. The van der Waals surface area contributed by atoms with Crippen molar-refractivity contribution in [1.29, 1.82) is 0 Å². The van der Waals surface area contributed by atoms with Gasteiger partial charge in [-0.1, -0.05) is 107 Å². The van der Waals surface area contributed by atoms with E-state index in [1.165, 1.54) is 0 Å². The summed E-state index contributed by atoms with van der Waals surface area (Å²) in [7, 11) is 0. The van der Waals surface area contributed by atoms with Crippen molar-refractivity contribution < 1.29 is 14.3 Å². The summed E-state index contributed by atoms with van der Waals surface area (Å²) in [4.78, 5) is 12.5. The number of carbonyl (C=O) groups excluding carboxylic acids is 1. The first-order chi connectivity index (χ1) is 17.2. The van der Waals surface area contributed by atoms with E-state index in [4.69, 9.17) is 55.9 Å². The molecule has 0 aliphatic heterocycles. The van der Waals surface area contributed by atoms with Crippen LogP contribution in [0.5, 0.6) is 0 Å². The largest absolute Gasteiger partial charge is 0.509 e. The van der Waals surface area contributed by atoms with E-state index in [2.05, 4.69) is 0 Å². The minimum atomic E-state index is -0.758. The molecule has 0 saturated heterocycles. The normalized spacial score (nSPS) is 12.6. The van der Waals surface area contributed by atoms with E-state index < -0.39 is 18.4 Å². The molecule has 0 amide bonds. The van der Waals surface area contributed by atoms with E-state index in [0.29, 0.717) is 20.1 Å². The van der Waals surface area contributed by atoms with Crippen LogP contribution in [0.25, 0.3) is 22.3 Å². The number of halogens is 4. The van der Waals surface area contributed by atoms with Crippen molar-refractivity contribution in [2.24, 2.45) is 0 Å². The molecule has 0 fully saturated rings. The maximum atomic E-state index is 12.5. The minimum absolute atomic E-state index is 0.509. The van der Waals surface area contributed by atoms with Crippen molar-refractivity contribution in [3.63, 3.8) is 0 Å². The van der Waals surface area contributed by atoms with Gasteiger partial charge in [-0.2, -0.15) is 0 Å². The molecule has 0 bridgehead atoms. The highest BCUT2D eigenvalue weighted by Gasteiger charge is 2.18. The second-order valence-electron chi connectivity index (χ2n) is 8.21. The van der Waals surface area contributed by atoms with E-state index in [9.17, 15) is 4.79 Å². The van der Waals surface area contributed by atoms with E-state index >= 15 is 0 Å². The smallest absolute Gasteiger partial charge is 0.426 e. The van der Waals surface area contributed by atoms with Crippen LogP contribution in [0.2, 0.25) is 20.1 Å². The Morgan fingerprint density at radius 1 is 0.556 bits per heavy atom. The Bertz CT molecular complexity index is 1220. The highest BCUT2D eigenvalue weighted by Crippen LogP contribution is 2.36. The number of ether oxygens (including phenoxy) is 2. The van der Waals surface area contributed by atoms with Gasteiger partial charge in [-0.3, -0.25) is 0 Å². The lowest BCUT2D eigenvalue weighted by Gasteiger charge is -2.18. The quantitative estimate of drug-likeness (QED) is 0.220. The highest BCUT2D eigenvalue weighted by molar-refractivity contribution is 6.39. The molecule has 3 nitrogen and oxygen atoms in total. The number of hydrogen-bond donors (Lipinski definition) is 0. The van der Waals surface area contributed by atoms with E-state index in [0.717, 1.165) is 33.4 Å². The van der Waals surface area contributed by atoms with Crippen LogP contribution < -0.4 is 0 Å². The summed E-state index contributed by atoms with van der Waals surface area (Å²) in [5.74, 6) is 0. The van der Waals surface area contributed by atoms with Gasteiger partial charge < -0.3 is 9.47 Å². The maximum Gasteiger partial charge on any atom is 0.509 e.